The van der Waals surface area contributed by atoms with Gasteiger partial charge in [-0.25, -0.2) is 0 Å². The maximum Gasteiger partial charge on any atom is 0.0809 e. The van der Waals surface area contributed by atoms with E-state index in [9.17, 15) is 0 Å². The summed E-state index contributed by atoms with van der Waals surface area (Å²) in [6.07, 6.45) is 0.382. The van der Waals surface area contributed by atoms with E-state index in [0.29, 0.717) is 38.4 Å². The van der Waals surface area contributed by atoms with E-state index >= 15 is 0 Å². The molecular weight excluding hydrogens is 442 g/mol. The maximum atomic E-state index is 6.19. The van der Waals surface area contributed by atoms with Gasteiger partial charge in [-0.15, -0.1) is 11.8 Å². The summed E-state index contributed by atoms with van der Waals surface area (Å²) in [6.45, 7) is 4.39. The Labute approximate surface area is 171 Å². The number of hydrogen-bond donors (Lipinski definition) is 0. The summed E-state index contributed by atoms with van der Waals surface area (Å²) in [5, 5.41) is 1.08. The average molecular weight is 457 g/mol. The van der Waals surface area contributed by atoms with E-state index in [1.165, 1.54) is 11.8 Å². The van der Waals surface area contributed by atoms with Gasteiger partial charge in [0.05, 0.1) is 49.1 Å². The molecule has 0 aromatic heterocycles. The molecule has 2 nitrogen and oxygen atoms in total. The molecule has 1 aromatic carbocycles. The lowest BCUT2D eigenvalue weighted by molar-refractivity contribution is 0.0595. The van der Waals surface area contributed by atoms with Crippen LogP contribution >= 0.6 is 82.0 Å². The van der Waals surface area contributed by atoms with E-state index in [4.69, 9.17) is 79.7 Å². The molecule has 0 N–H and O–H groups in total. The Kier molecular flexibility index (Phi) is 11.1. The second kappa shape index (κ2) is 11.6. The monoisotopic (exact) mass is 454 g/mol. The number of rotatable bonds is 9. The van der Waals surface area contributed by atoms with Gasteiger partial charge in [0, 0.05) is 18.8 Å². The minimum Gasteiger partial charge on any atom is -0.379 e. The number of hydrogen-bond acceptors (Lipinski definition) is 4. The standard InChI is InChI=1S/C14H15Cl5O2S2/c1-2-20-3-4-21-5-6-23-9(22)7-8-10(15)12(17)14(19)13(18)11(8)16/h2-7H2,1H3. The Bertz CT molecular complexity index is 525. The van der Waals surface area contributed by atoms with Crippen LogP contribution in [0, 0.1) is 0 Å². The lowest BCUT2D eigenvalue weighted by Crippen LogP contribution is -2.07. The molecule has 0 bridgehead atoms. The first-order chi connectivity index (χ1) is 10.9. The third-order valence-corrected chi connectivity index (χ3v) is 6.38. The first-order valence-corrected chi connectivity index (χ1v) is 9.99. The van der Waals surface area contributed by atoms with Crippen LogP contribution in [-0.4, -0.2) is 36.4 Å². The van der Waals surface area contributed by atoms with Crippen molar-refractivity contribution in [3.8, 4) is 0 Å². The molecule has 0 aliphatic rings. The van der Waals surface area contributed by atoms with Crippen molar-refractivity contribution in [2.45, 2.75) is 13.3 Å². The summed E-state index contributed by atoms with van der Waals surface area (Å²) in [4.78, 5) is 0. The zero-order valence-corrected chi connectivity index (χ0v) is 17.7. The normalized spacial score (nSPS) is 11.0. The van der Waals surface area contributed by atoms with Crippen molar-refractivity contribution in [3.05, 3.63) is 30.7 Å². The van der Waals surface area contributed by atoms with Gasteiger partial charge in [0.25, 0.3) is 0 Å². The number of halogens is 5. The van der Waals surface area contributed by atoms with Crippen molar-refractivity contribution in [2.75, 3.05) is 32.2 Å². The second-order valence-corrected chi connectivity index (χ2v) is 8.09. The fraction of sp³-hybridized carbons (Fsp3) is 0.500. The molecular formula is C14H15Cl5O2S2. The predicted molar refractivity (Wildman–Crippen MR) is 108 cm³/mol. The van der Waals surface area contributed by atoms with Crippen LogP contribution in [0.25, 0.3) is 0 Å². The highest BCUT2D eigenvalue weighted by atomic mass is 35.5. The van der Waals surface area contributed by atoms with Crippen LogP contribution in [0.4, 0.5) is 0 Å². The topological polar surface area (TPSA) is 18.5 Å². The number of benzene rings is 1. The van der Waals surface area contributed by atoms with Crippen LogP contribution in [0.1, 0.15) is 12.5 Å². The Morgan fingerprint density at radius 3 is 1.96 bits per heavy atom. The maximum absolute atomic E-state index is 6.19. The molecule has 0 spiro atoms. The van der Waals surface area contributed by atoms with E-state index in [1.54, 1.807) is 0 Å². The van der Waals surface area contributed by atoms with Gasteiger partial charge in [0.15, 0.2) is 0 Å². The molecule has 0 saturated heterocycles. The first-order valence-electron chi connectivity index (χ1n) is 6.71. The summed E-state index contributed by atoms with van der Waals surface area (Å²) in [5.41, 5.74) is 0.586. The molecule has 0 heterocycles. The zero-order valence-electron chi connectivity index (χ0n) is 12.3. The molecule has 0 saturated carbocycles. The smallest absolute Gasteiger partial charge is 0.0809 e. The van der Waals surface area contributed by atoms with Gasteiger partial charge in [-0.1, -0.05) is 70.2 Å². The van der Waals surface area contributed by atoms with Crippen molar-refractivity contribution in [1.82, 2.24) is 0 Å². The number of ether oxygens (including phenoxy) is 2. The first kappa shape index (κ1) is 22.1. The van der Waals surface area contributed by atoms with Gasteiger partial charge in [0.2, 0.25) is 0 Å². The van der Waals surface area contributed by atoms with E-state index in [1.807, 2.05) is 6.92 Å². The fourth-order valence-electron chi connectivity index (χ4n) is 1.58. The SMILES string of the molecule is CCOCCOCCSC(=S)Cc1c(Cl)c(Cl)c(Cl)c(Cl)c1Cl. The number of thioether (sulfide) groups is 1. The second-order valence-electron chi connectivity index (χ2n) is 4.26. The van der Waals surface area contributed by atoms with Gasteiger partial charge >= 0.3 is 0 Å². The van der Waals surface area contributed by atoms with Gasteiger partial charge in [-0.3, -0.25) is 0 Å². The number of thiocarbonyl (C=S) groups is 1. The lowest BCUT2D eigenvalue weighted by atomic mass is 10.1. The molecule has 0 radical (unpaired) electrons. The minimum atomic E-state index is 0.147. The van der Waals surface area contributed by atoms with Gasteiger partial charge in [0.1, 0.15) is 0 Å². The summed E-state index contributed by atoms with van der Waals surface area (Å²) >= 11 is 37.2. The van der Waals surface area contributed by atoms with Crippen LogP contribution in [-0.2, 0) is 15.9 Å². The summed E-state index contributed by atoms with van der Waals surface area (Å²) in [5.74, 6) is 0.731. The molecule has 9 heteroatoms. The largest absolute Gasteiger partial charge is 0.379 e. The van der Waals surface area contributed by atoms with Gasteiger partial charge < -0.3 is 9.47 Å². The third kappa shape index (κ3) is 7.04. The van der Waals surface area contributed by atoms with E-state index in [2.05, 4.69) is 0 Å². The van der Waals surface area contributed by atoms with Gasteiger partial charge in [-0.05, 0) is 12.5 Å². The van der Waals surface area contributed by atoms with E-state index in [-0.39, 0.29) is 25.1 Å². The van der Waals surface area contributed by atoms with Gasteiger partial charge in [-0.2, -0.15) is 0 Å². The highest BCUT2D eigenvalue weighted by Gasteiger charge is 2.20. The summed E-state index contributed by atoms with van der Waals surface area (Å²) in [7, 11) is 0. The Hall–Kier alpha value is 1.03. The fourth-order valence-corrected chi connectivity index (χ4v) is 3.96. The van der Waals surface area contributed by atoms with E-state index in [0.717, 1.165) is 9.95 Å². The van der Waals surface area contributed by atoms with Crippen LogP contribution in [0.15, 0.2) is 0 Å². The third-order valence-electron chi connectivity index (χ3n) is 2.69. The van der Waals surface area contributed by atoms with Crippen molar-refractivity contribution in [3.63, 3.8) is 0 Å². The summed E-state index contributed by atoms with van der Waals surface area (Å²) < 4.78 is 11.3. The molecule has 0 unspecified atom stereocenters. The van der Waals surface area contributed by atoms with Crippen molar-refractivity contribution in [1.29, 1.82) is 0 Å². The molecule has 23 heavy (non-hydrogen) atoms. The quantitative estimate of drug-likeness (QED) is 0.180. The Balaban J connectivity index is 2.49. The predicted octanol–water partition coefficient (Wildman–Crippen LogP) is 6.61. The lowest BCUT2D eigenvalue weighted by Gasteiger charge is -2.13. The van der Waals surface area contributed by atoms with E-state index < -0.39 is 0 Å². The molecule has 0 aliphatic carbocycles. The van der Waals surface area contributed by atoms with Crippen LogP contribution in [0.5, 0.6) is 0 Å². The zero-order chi connectivity index (χ0) is 17.4. The van der Waals surface area contributed by atoms with Crippen molar-refractivity contribution >= 4 is 86.2 Å². The highest BCUT2D eigenvalue weighted by Crippen LogP contribution is 2.44. The summed E-state index contributed by atoms with van der Waals surface area (Å²) in [6, 6.07) is 0. The molecule has 0 aliphatic heterocycles. The molecule has 0 amide bonds. The molecule has 1 aromatic rings. The molecule has 0 atom stereocenters. The minimum absolute atomic E-state index is 0.147. The Morgan fingerprint density at radius 1 is 0.870 bits per heavy atom. The van der Waals surface area contributed by atoms with Crippen LogP contribution in [0.2, 0.25) is 25.1 Å². The molecule has 1 rings (SSSR count). The highest BCUT2D eigenvalue weighted by molar-refractivity contribution is 8.23. The molecule has 130 valence electrons. The van der Waals surface area contributed by atoms with Crippen LogP contribution in [0.3, 0.4) is 0 Å². The molecule has 0 fully saturated rings. The average Bonchev–Trinajstić information content (AvgIpc) is 2.54. The van der Waals surface area contributed by atoms with Crippen molar-refractivity contribution < 1.29 is 9.47 Å². The van der Waals surface area contributed by atoms with Crippen LogP contribution < -0.4 is 0 Å². The van der Waals surface area contributed by atoms with Crippen molar-refractivity contribution in [2.24, 2.45) is 0 Å². The Morgan fingerprint density at radius 2 is 1.39 bits per heavy atom.